The SMILES string of the molecule is Cc1ccc(C(=O)NNC(=S)NC(=O)c2ccc(OCC(C)C)c(Br)c2)cc1Br. The molecule has 154 valence electrons. The molecule has 0 atom stereocenters. The molecule has 0 radical (unpaired) electrons. The number of hydrazine groups is 1. The van der Waals surface area contributed by atoms with Gasteiger partial charge in [0.2, 0.25) is 0 Å². The van der Waals surface area contributed by atoms with Gasteiger partial charge in [0.25, 0.3) is 11.8 Å². The molecular formula is C20H21Br2N3O3S. The molecule has 3 N–H and O–H groups in total. The summed E-state index contributed by atoms with van der Waals surface area (Å²) in [6.07, 6.45) is 0. The number of nitrogens with one attached hydrogen (secondary N) is 3. The Kier molecular flexibility index (Phi) is 8.60. The molecule has 2 amide bonds. The smallest absolute Gasteiger partial charge is 0.269 e. The molecule has 0 aliphatic heterocycles. The van der Waals surface area contributed by atoms with E-state index in [1.165, 1.54) is 0 Å². The van der Waals surface area contributed by atoms with E-state index in [9.17, 15) is 9.59 Å². The molecule has 2 aromatic rings. The fourth-order valence-corrected chi connectivity index (χ4v) is 3.16. The third-order valence-electron chi connectivity index (χ3n) is 3.72. The van der Waals surface area contributed by atoms with Crippen LogP contribution in [0.3, 0.4) is 0 Å². The molecule has 6 nitrogen and oxygen atoms in total. The van der Waals surface area contributed by atoms with Crippen LogP contribution in [0.1, 0.15) is 40.1 Å². The average Bonchev–Trinajstić information content (AvgIpc) is 2.67. The molecule has 0 heterocycles. The van der Waals surface area contributed by atoms with Crippen molar-refractivity contribution in [2.75, 3.05) is 6.61 Å². The van der Waals surface area contributed by atoms with Crippen molar-refractivity contribution in [3.05, 3.63) is 62.0 Å². The van der Waals surface area contributed by atoms with Crippen LogP contribution < -0.4 is 20.9 Å². The van der Waals surface area contributed by atoms with Crippen molar-refractivity contribution in [3.63, 3.8) is 0 Å². The molecule has 2 rings (SSSR count). The van der Waals surface area contributed by atoms with Crippen LogP contribution in [0.2, 0.25) is 0 Å². The number of amides is 2. The number of ether oxygens (including phenoxy) is 1. The number of carbonyl (C=O) groups is 2. The Morgan fingerprint density at radius 2 is 1.62 bits per heavy atom. The maximum atomic E-state index is 12.4. The fraction of sp³-hybridized carbons (Fsp3) is 0.250. The van der Waals surface area contributed by atoms with Crippen molar-refractivity contribution in [1.29, 1.82) is 0 Å². The Morgan fingerprint density at radius 1 is 1.00 bits per heavy atom. The zero-order valence-electron chi connectivity index (χ0n) is 16.1. The first kappa shape index (κ1) is 23.3. The topological polar surface area (TPSA) is 79.5 Å². The zero-order valence-corrected chi connectivity index (χ0v) is 20.1. The van der Waals surface area contributed by atoms with Gasteiger partial charge in [-0.3, -0.25) is 25.8 Å². The normalized spacial score (nSPS) is 10.4. The molecule has 0 aliphatic rings. The maximum absolute atomic E-state index is 12.4. The Labute approximate surface area is 192 Å². The third kappa shape index (κ3) is 7.09. The summed E-state index contributed by atoms with van der Waals surface area (Å²) in [7, 11) is 0. The minimum Gasteiger partial charge on any atom is -0.492 e. The van der Waals surface area contributed by atoms with E-state index in [4.69, 9.17) is 17.0 Å². The van der Waals surface area contributed by atoms with Crippen molar-refractivity contribution in [2.45, 2.75) is 20.8 Å². The van der Waals surface area contributed by atoms with Gasteiger partial charge in [-0.1, -0.05) is 35.8 Å². The number of benzene rings is 2. The summed E-state index contributed by atoms with van der Waals surface area (Å²) in [6.45, 7) is 6.62. The Balaban J connectivity index is 1.89. The highest BCUT2D eigenvalue weighted by Crippen LogP contribution is 2.26. The van der Waals surface area contributed by atoms with Gasteiger partial charge in [-0.25, -0.2) is 0 Å². The number of thiocarbonyl (C=S) groups is 1. The summed E-state index contributed by atoms with van der Waals surface area (Å²) in [5.74, 6) is 0.264. The second-order valence-corrected chi connectivity index (χ2v) is 8.79. The molecule has 9 heteroatoms. The van der Waals surface area contributed by atoms with Crippen molar-refractivity contribution in [2.24, 2.45) is 5.92 Å². The molecule has 0 aliphatic carbocycles. The maximum Gasteiger partial charge on any atom is 0.269 e. The summed E-state index contributed by atoms with van der Waals surface area (Å²) >= 11 is 11.9. The van der Waals surface area contributed by atoms with Gasteiger partial charge in [0.05, 0.1) is 11.1 Å². The van der Waals surface area contributed by atoms with Gasteiger partial charge in [-0.15, -0.1) is 0 Å². The first-order valence-corrected chi connectivity index (χ1v) is 10.8. The van der Waals surface area contributed by atoms with Crippen LogP contribution in [0, 0.1) is 12.8 Å². The predicted molar refractivity (Wildman–Crippen MR) is 124 cm³/mol. The second kappa shape index (κ2) is 10.7. The highest BCUT2D eigenvalue weighted by molar-refractivity contribution is 9.10. The Morgan fingerprint density at radius 3 is 2.24 bits per heavy atom. The lowest BCUT2D eigenvalue weighted by molar-refractivity contribution is 0.0934. The van der Waals surface area contributed by atoms with Crippen molar-refractivity contribution >= 4 is 61.0 Å². The highest BCUT2D eigenvalue weighted by atomic mass is 79.9. The van der Waals surface area contributed by atoms with E-state index < -0.39 is 5.91 Å². The van der Waals surface area contributed by atoms with Crippen molar-refractivity contribution < 1.29 is 14.3 Å². The van der Waals surface area contributed by atoms with Crippen LogP contribution in [-0.4, -0.2) is 23.5 Å². The third-order valence-corrected chi connectivity index (χ3v) is 5.40. The van der Waals surface area contributed by atoms with E-state index in [2.05, 4.69) is 61.9 Å². The summed E-state index contributed by atoms with van der Waals surface area (Å²) in [4.78, 5) is 24.5. The molecule has 0 fully saturated rings. The van der Waals surface area contributed by atoms with E-state index in [1.807, 2.05) is 13.0 Å². The standard InChI is InChI=1S/C20H21Br2N3O3S/c1-11(2)10-28-17-7-6-13(9-16(17)22)18(26)23-20(29)25-24-19(27)14-5-4-12(3)15(21)8-14/h4-9,11H,10H2,1-3H3,(H,24,27)(H2,23,25,26,29). The van der Waals surface area contributed by atoms with Gasteiger partial charge in [0.1, 0.15) is 5.75 Å². The summed E-state index contributed by atoms with van der Waals surface area (Å²) in [5.41, 5.74) is 6.84. The summed E-state index contributed by atoms with van der Waals surface area (Å²) in [6, 6.07) is 10.2. The quantitative estimate of drug-likeness (QED) is 0.383. The predicted octanol–water partition coefficient (Wildman–Crippen LogP) is 4.50. The minimum absolute atomic E-state index is 0.0224. The van der Waals surface area contributed by atoms with Gasteiger partial charge < -0.3 is 4.74 Å². The lowest BCUT2D eigenvalue weighted by Gasteiger charge is -2.13. The van der Waals surface area contributed by atoms with Crippen LogP contribution in [0.5, 0.6) is 5.75 Å². The van der Waals surface area contributed by atoms with Gasteiger partial charge in [0, 0.05) is 15.6 Å². The molecule has 0 unspecified atom stereocenters. The van der Waals surface area contributed by atoms with Crippen LogP contribution >= 0.6 is 44.1 Å². The number of rotatable bonds is 5. The number of aryl methyl sites for hydroxylation is 1. The van der Waals surface area contributed by atoms with Crippen molar-refractivity contribution in [1.82, 2.24) is 16.2 Å². The molecular weight excluding hydrogens is 522 g/mol. The minimum atomic E-state index is -0.411. The monoisotopic (exact) mass is 541 g/mol. The number of hydrogen-bond acceptors (Lipinski definition) is 4. The molecule has 0 spiro atoms. The van der Waals surface area contributed by atoms with E-state index in [-0.39, 0.29) is 11.0 Å². The van der Waals surface area contributed by atoms with E-state index in [0.29, 0.717) is 33.9 Å². The summed E-state index contributed by atoms with van der Waals surface area (Å²) in [5, 5.41) is 2.49. The molecule has 0 aromatic heterocycles. The highest BCUT2D eigenvalue weighted by Gasteiger charge is 2.12. The van der Waals surface area contributed by atoms with Crippen LogP contribution in [0.4, 0.5) is 0 Å². The number of carbonyl (C=O) groups excluding carboxylic acids is 2. The largest absolute Gasteiger partial charge is 0.492 e. The lowest BCUT2D eigenvalue weighted by atomic mass is 10.1. The van der Waals surface area contributed by atoms with Gasteiger partial charge >= 0.3 is 0 Å². The molecule has 0 saturated heterocycles. The van der Waals surface area contributed by atoms with E-state index in [0.717, 1.165) is 10.0 Å². The number of hydrogen-bond donors (Lipinski definition) is 3. The second-order valence-electron chi connectivity index (χ2n) is 6.68. The number of halogens is 2. The van der Waals surface area contributed by atoms with Crippen LogP contribution in [-0.2, 0) is 0 Å². The first-order chi connectivity index (χ1) is 13.7. The first-order valence-electron chi connectivity index (χ1n) is 8.77. The Bertz CT molecular complexity index is 935. The van der Waals surface area contributed by atoms with Gasteiger partial charge in [0.15, 0.2) is 5.11 Å². The molecule has 2 aromatic carbocycles. The molecule has 0 bridgehead atoms. The van der Waals surface area contributed by atoms with Crippen LogP contribution in [0.25, 0.3) is 0 Å². The van der Waals surface area contributed by atoms with Gasteiger partial charge in [-0.2, -0.15) is 0 Å². The molecule has 0 saturated carbocycles. The zero-order chi connectivity index (χ0) is 21.6. The van der Waals surface area contributed by atoms with E-state index >= 15 is 0 Å². The fourth-order valence-electron chi connectivity index (χ4n) is 2.14. The average molecular weight is 543 g/mol. The molecule has 29 heavy (non-hydrogen) atoms. The van der Waals surface area contributed by atoms with Crippen LogP contribution in [0.15, 0.2) is 45.3 Å². The summed E-state index contributed by atoms with van der Waals surface area (Å²) < 4.78 is 7.16. The Hall–Kier alpha value is -1.97. The van der Waals surface area contributed by atoms with Crippen molar-refractivity contribution in [3.8, 4) is 5.75 Å². The lowest BCUT2D eigenvalue weighted by Crippen LogP contribution is -2.48. The van der Waals surface area contributed by atoms with E-state index in [1.54, 1.807) is 30.3 Å². The van der Waals surface area contributed by atoms with Gasteiger partial charge in [-0.05, 0) is 76.9 Å².